The van der Waals surface area contributed by atoms with Crippen LogP contribution < -0.4 is 10.0 Å². The van der Waals surface area contributed by atoms with E-state index in [0.717, 1.165) is 25.4 Å². The summed E-state index contributed by atoms with van der Waals surface area (Å²) in [6.07, 6.45) is 5.83. The fourth-order valence-electron chi connectivity index (χ4n) is 2.65. The summed E-state index contributed by atoms with van der Waals surface area (Å²) in [6.45, 7) is 5.05. The summed E-state index contributed by atoms with van der Waals surface area (Å²) in [5, 5.41) is 3.20. The van der Waals surface area contributed by atoms with Crippen molar-refractivity contribution < 1.29 is 8.42 Å². The van der Waals surface area contributed by atoms with E-state index < -0.39 is 10.2 Å². The van der Waals surface area contributed by atoms with Gasteiger partial charge in [0.15, 0.2) is 0 Å². The highest BCUT2D eigenvalue weighted by Gasteiger charge is 2.53. The Morgan fingerprint density at radius 2 is 2.00 bits per heavy atom. The minimum Gasteiger partial charge on any atom is -0.317 e. The fraction of sp³-hybridized carbons (Fsp3) is 1.00. The van der Waals surface area contributed by atoms with Crippen molar-refractivity contribution in [1.29, 1.82) is 0 Å². The molecule has 2 aliphatic carbocycles. The van der Waals surface area contributed by atoms with E-state index in [1.54, 1.807) is 7.05 Å². The lowest BCUT2D eigenvalue weighted by Gasteiger charge is -2.21. The van der Waals surface area contributed by atoms with Crippen molar-refractivity contribution in [2.24, 2.45) is 11.3 Å². The Morgan fingerprint density at radius 3 is 2.53 bits per heavy atom. The third-order valence-corrected chi connectivity index (χ3v) is 5.94. The number of hydrogen-bond donors (Lipinski definition) is 2. The van der Waals surface area contributed by atoms with E-state index in [9.17, 15) is 8.42 Å². The standard InChI is InChI=1S/C13H27N3O2S/c1-3-14-9-4-10-16(2)19(17,18)15-11-13(7-8-13)12-5-6-12/h12,14-15H,3-11H2,1-2H3. The minimum atomic E-state index is -3.29. The van der Waals surface area contributed by atoms with Crippen molar-refractivity contribution >= 4 is 10.2 Å². The van der Waals surface area contributed by atoms with E-state index in [2.05, 4.69) is 17.0 Å². The number of hydrogen-bond acceptors (Lipinski definition) is 3. The SMILES string of the molecule is CCNCCCN(C)S(=O)(=O)NCC1(C2CC2)CC1. The lowest BCUT2D eigenvalue weighted by atomic mass is 10.0. The third-order valence-electron chi connectivity index (χ3n) is 4.43. The monoisotopic (exact) mass is 289 g/mol. The Bertz CT molecular complexity index is 389. The Labute approximate surface area is 117 Å². The minimum absolute atomic E-state index is 0.317. The van der Waals surface area contributed by atoms with Crippen LogP contribution in [0.25, 0.3) is 0 Å². The molecule has 2 saturated carbocycles. The van der Waals surface area contributed by atoms with Crippen LogP contribution in [0.1, 0.15) is 39.0 Å². The predicted molar refractivity (Wildman–Crippen MR) is 77.1 cm³/mol. The number of rotatable bonds is 10. The molecule has 6 heteroatoms. The van der Waals surface area contributed by atoms with Gasteiger partial charge in [-0.05, 0) is 56.5 Å². The molecule has 0 amide bonds. The zero-order valence-electron chi connectivity index (χ0n) is 12.1. The largest absolute Gasteiger partial charge is 0.317 e. The van der Waals surface area contributed by atoms with E-state index in [1.165, 1.54) is 30.0 Å². The smallest absolute Gasteiger partial charge is 0.279 e. The first-order valence-corrected chi connectivity index (χ1v) is 8.86. The van der Waals surface area contributed by atoms with Gasteiger partial charge in [0, 0.05) is 20.1 Å². The van der Waals surface area contributed by atoms with Gasteiger partial charge in [-0.2, -0.15) is 12.7 Å². The summed E-state index contributed by atoms with van der Waals surface area (Å²) in [4.78, 5) is 0. The number of nitrogens with zero attached hydrogens (tertiary/aromatic N) is 1. The second kappa shape index (κ2) is 6.08. The maximum absolute atomic E-state index is 12.1. The average molecular weight is 289 g/mol. The third kappa shape index (κ3) is 4.15. The molecule has 0 bridgehead atoms. The zero-order valence-corrected chi connectivity index (χ0v) is 12.9. The molecule has 0 spiro atoms. The van der Waals surface area contributed by atoms with Crippen LogP contribution in [0.2, 0.25) is 0 Å². The molecule has 0 saturated heterocycles. The molecule has 0 aromatic heterocycles. The first-order valence-electron chi connectivity index (χ1n) is 7.42. The zero-order chi connectivity index (χ0) is 13.9. The van der Waals surface area contributed by atoms with Crippen molar-refractivity contribution in [3.63, 3.8) is 0 Å². The van der Waals surface area contributed by atoms with E-state index >= 15 is 0 Å². The Hall–Kier alpha value is -0.170. The van der Waals surface area contributed by atoms with Gasteiger partial charge in [0.1, 0.15) is 0 Å². The summed E-state index contributed by atoms with van der Waals surface area (Å²) in [7, 11) is -1.63. The van der Waals surface area contributed by atoms with Crippen LogP contribution >= 0.6 is 0 Å². The molecule has 2 fully saturated rings. The van der Waals surface area contributed by atoms with Crippen molar-refractivity contribution in [3.05, 3.63) is 0 Å². The summed E-state index contributed by atoms with van der Waals surface area (Å²) in [5.74, 6) is 0.786. The van der Waals surface area contributed by atoms with Gasteiger partial charge >= 0.3 is 0 Å². The van der Waals surface area contributed by atoms with Gasteiger partial charge in [-0.25, -0.2) is 4.72 Å². The molecule has 5 nitrogen and oxygen atoms in total. The highest BCUT2D eigenvalue weighted by Crippen LogP contribution is 2.60. The average Bonchev–Trinajstić information content (AvgIpc) is 3.24. The summed E-state index contributed by atoms with van der Waals surface area (Å²) in [5.41, 5.74) is 0.317. The Kier molecular flexibility index (Phi) is 4.87. The van der Waals surface area contributed by atoms with Crippen LogP contribution in [0.5, 0.6) is 0 Å². The first kappa shape index (κ1) is 15.2. The molecule has 2 aliphatic rings. The van der Waals surface area contributed by atoms with Crippen molar-refractivity contribution in [2.45, 2.75) is 39.0 Å². The molecule has 112 valence electrons. The Morgan fingerprint density at radius 1 is 1.32 bits per heavy atom. The summed E-state index contributed by atoms with van der Waals surface area (Å²) in [6, 6.07) is 0. The maximum Gasteiger partial charge on any atom is 0.279 e. The van der Waals surface area contributed by atoms with Crippen molar-refractivity contribution in [1.82, 2.24) is 14.3 Å². The molecule has 0 atom stereocenters. The van der Waals surface area contributed by atoms with Crippen LogP contribution in [-0.2, 0) is 10.2 Å². The normalized spacial score (nSPS) is 21.8. The highest BCUT2D eigenvalue weighted by molar-refractivity contribution is 7.87. The molecule has 0 radical (unpaired) electrons. The fourth-order valence-corrected chi connectivity index (χ4v) is 3.71. The second-order valence-electron chi connectivity index (χ2n) is 5.99. The van der Waals surface area contributed by atoms with E-state index in [0.29, 0.717) is 18.5 Å². The van der Waals surface area contributed by atoms with Gasteiger partial charge in [-0.1, -0.05) is 6.92 Å². The van der Waals surface area contributed by atoms with Crippen LogP contribution in [0.4, 0.5) is 0 Å². The molecule has 19 heavy (non-hydrogen) atoms. The molecule has 2 rings (SSSR count). The molecule has 0 aromatic carbocycles. The first-order chi connectivity index (χ1) is 9.00. The second-order valence-corrected chi connectivity index (χ2v) is 7.85. The van der Waals surface area contributed by atoms with Crippen molar-refractivity contribution in [3.8, 4) is 0 Å². The van der Waals surface area contributed by atoms with Gasteiger partial charge in [0.25, 0.3) is 10.2 Å². The van der Waals surface area contributed by atoms with Crippen LogP contribution in [0.3, 0.4) is 0 Å². The quantitative estimate of drug-likeness (QED) is 0.589. The van der Waals surface area contributed by atoms with Gasteiger partial charge < -0.3 is 5.32 Å². The topological polar surface area (TPSA) is 61.4 Å². The molecule has 0 aromatic rings. The van der Waals surface area contributed by atoms with Crippen LogP contribution in [0, 0.1) is 11.3 Å². The predicted octanol–water partition coefficient (Wildman–Crippen LogP) is 0.942. The lowest BCUT2D eigenvalue weighted by Crippen LogP contribution is -2.42. The molecular formula is C13H27N3O2S. The van der Waals surface area contributed by atoms with E-state index in [4.69, 9.17) is 0 Å². The molecule has 0 heterocycles. The summed E-state index contributed by atoms with van der Waals surface area (Å²) < 4.78 is 28.5. The van der Waals surface area contributed by atoms with Crippen LogP contribution in [0.15, 0.2) is 0 Å². The van der Waals surface area contributed by atoms with Gasteiger partial charge in [-0.3, -0.25) is 0 Å². The highest BCUT2D eigenvalue weighted by atomic mass is 32.2. The molecular weight excluding hydrogens is 262 g/mol. The van der Waals surface area contributed by atoms with Gasteiger partial charge in [-0.15, -0.1) is 0 Å². The maximum atomic E-state index is 12.1. The molecule has 0 aliphatic heterocycles. The number of nitrogens with one attached hydrogen (secondary N) is 2. The van der Waals surface area contributed by atoms with Gasteiger partial charge in [0.05, 0.1) is 0 Å². The molecule has 2 N–H and O–H groups in total. The van der Waals surface area contributed by atoms with E-state index in [-0.39, 0.29) is 0 Å². The molecule has 0 unspecified atom stereocenters. The summed E-state index contributed by atoms with van der Waals surface area (Å²) >= 11 is 0. The van der Waals surface area contributed by atoms with Gasteiger partial charge in [0.2, 0.25) is 0 Å². The van der Waals surface area contributed by atoms with E-state index in [1.807, 2.05) is 0 Å². The lowest BCUT2D eigenvalue weighted by molar-refractivity contribution is 0.407. The van der Waals surface area contributed by atoms with Crippen LogP contribution in [-0.4, -0.2) is 45.9 Å². The van der Waals surface area contributed by atoms with Crippen molar-refractivity contribution in [2.75, 3.05) is 33.2 Å². The Balaban J connectivity index is 1.71.